The predicted molar refractivity (Wildman–Crippen MR) is 55.8 cm³/mol. The van der Waals surface area contributed by atoms with Gasteiger partial charge in [-0.3, -0.25) is 4.68 Å². The first-order chi connectivity index (χ1) is 7.24. The number of rotatable bonds is 3. The molecule has 7 heteroatoms. The maximum absolute atomic E-state index is 8.90. The van der Waals surface area contributed by atoms with E-state index in [9.17, 15) is 0 Å². The van der Waals surface area contributed by atoms with Crippen LogP contribution in [-0.4, -0.2) is 41.8 Å². The minimum Gasteiger partial charge on any atom is -0.404 e. The van der Waals surface area contributed by atoms with Gasteiger partial charge in [0.1, 0.15) is 0 Å². The van der Waals surface area contributed by atoms with E-state index in [1.165, 1.54) is 0 Å². The molecule has 2 heterocycles. The van der Waals surface area contributed by atoms with Crippen LogP contribution in [0.3, 0.4) is 0 Å². The van der Waals surface area contributed by atoms with Gasteiger partial charge in [0.25, 0.3) is 0 Å². The highest BCUT2D eigenvalue weighted by molar-refractivity contribution is 6.62. The number of aliphatic hydroxyl groups is 1. The summed E-state index contributed by atoms with van der Waals surface area (Å²) in [5.74, 6) is 0. The van der Waals surface area contributed by atoms with Crippen molar-refractivity contribution in [3.8, 4) is 0 Å². The zero-order valence-corrected chi connectivity index (χ0v) is 8.64. The Kier molecular flexibility index (Phi) is 2.94. The molecule has 1 saturated heterocycles. The van der Waals surface area contributed by atoms with Crippen LogP contribution in [0.15, 0.2) is 0 Å². The van der Waals surface area contributed by atoms with E-state index >= 15 is 0 Å². The Morgan fingerprint density at radius 1 is 1.53 bits per heavy atom. The van der Waals surface area contributed by atoms with E-state index in [0.717, 1.165) is 5.69 Å². The van der Waals surface area contributed by atoms with Crippen LogP contribution in [0, 0.1) is 6.92 Å². The zero-order chi connectivity index (χ0) is 10.8. The fourth-order valence-corrected chi connectivity index (χ4v) is 1.64. The van der Waals surface area contributed by atoms with Crippen molar-refractivity contribution in [2.24, 2.45) is 0 Å². The molecular weight excluding hydrogens is 197 g/mol. The monoisotopic (exact) mass is 211 g/mol. The first kappa shape index (κ1) is 10.5. The molecule has 0 spiro atoms. The van der Waals surface area contributed by atoms with Crippen molar-refractivity contribution in [2.45, 2.75) is 13.5 Å². The molecule has 1 aromatic rings. The van der Waals surface area contributed by atoms with Crippen molar-refractivity contribution >= 4 is 18.4 Å². The molecule has 82 valence electrons. The lowest BCUT2D eigenvalue weighted by molar-refractivity contribution is 0.269. The predicted octanol–water partition coefficient (Wildman–Crippen LogP) is -1.49. The second kappa shape index (κ2) is 4.22. The topological polar surface area (TPSA) is 82.5 Å². The second-order valence-corrected chi connectivity index (χ2v) is 3.40. The summed E-state index contributed by atoms with van der Waals surface area (Å²) in [7, 11) is -0.447. The van der Waals surface area contributed by atoms with Crippen LogP contribution < -0.4 is 11.3 Å². The number of aryl methyl sites for hydroxylation is 1. The van der Waals surface area contributed by atoms with Crippen molar-refractivity contribution < 1.29 is 14.4 Å². The third-order valence-corrected chi connectivity index (χ3v) is 2.37. The van der Waals surface area contributed by atoms with Crippen LogP contribution >= 0.6 is 0 Å². The number of hydrogen-bond donors (Lipinski definition) is 2. The van der Waals surface area contributed by atoms with Crippen LogP contribution in [0.5, 0.6) is 0 Å². The lowest BCUT2D eigenvalue weighted by atomic mass is 9.83. The molecule has 1 aliphatic rings. The summed E-state index contributed by atoms with van der Waals surface area (Å²) in [6.45, 7) is 3.36. The van der Waals surface area contributed by atoms with Crippen molar-refractivity contribution in [1.29, 1.82) is 0 Å². The van der Waals surface area contributed by atoms with Crippen LogP contribution in [-0.2, 0) is 15.9 Å². The fourth-order valence-electron chi connectivity index (χ4n) is 1.64. The molecule has 1 fully saturated rings. The lowest BCUT2D eigenvalue weighted by Crippen LogP contribution is -2.40. The summed E-state index contributed by atoms with van der Waals surface area (Å²) in [4.78, 5) is 0. The molecule has 0 aromatic carbocycles. The quantitative estimate of drug-likeness (QED) is 0.595. The number of nitrogens with zero attached hydrogens (tertiary/aromatic N) is 2. The summed E-state index contributed by atoms with van der Waals surface area (Å²) in [5, 5.41) is 13.1. The van der Waals surface area contributed by atoms with Crippen molar-refractivity contribution in [3.05, 3.63) is 5.69 Å². The summed E-state index contributed by atoms with van der Waals surface area (Å²) in [5.41, 5.74) is 7.91. The highest BCUT2D eigenvalue weighted by atomic mass is 16.6. The van der Waals surface area contributed by atoms with Gasteiger partial charge in [-0.05, 0) is 6.92 Å². The SMILES string of the molecule is Cc1nn(CCO)c(B2OCCO2)c1N. The second-order valence-electron chi connectivity index (χ2n) is 3.40. The molecule has 0 atom stereocenters. The molecule has 1 aliphatic heterocycles. The number of anilines is 1. The van der Waals surface area contributed by atoms with E-state index in [-0.39, 0.29) is 6.61 Å². The zero-order valence-electron chi connectivity index (χ0n) is 8.64. The molecule has 0 saturated carbocycles. The molecule has 15 heavy (non-hydrogen) atoms. The molecular formula is C8H14BN3O3. The van der Waals surface area contributed by atoms with Gasteiger partial charge in [0, 0.05) is 0 Å². The van der Waals surface area contributed by atoms with Gasteiger partial charge >= 0.3 is 7.12 Å². The summed E-state index contributed by atoms with van der Waals surface area (Å²) in [6, 6.07) is 0. The van der Waals surface area contributed by atoms with Crippen LogP contribution in [0.1, 0.15) is 5.69 Å². The van der Waals surface area contributed by atoms with E-state index < -0.39 is 7.12 Å². The smallest absolute Gasteiger partial charge is 0.404 e. The van der Waals surface area contributed by atoms with Crippen LogP contribution in [0.2, 0.25) is 0 Å². The average molecular weight is 211 g/mol. The van der Waals surface area contributed by atoms with Gasteiger partial charge < -0.3 is 20.1 Å². The van der Waals surface area contributed by atoms with E-state index in [4.69, 9.17) is 20.1 Å². The fraction of sp³-hybridized carbons (Fsp3) is 0.625. The maximum Gasteiger partial charge on any atom is 0.515 e. The van der Waals surface area contributed by atoms with Gasteiger partial charge in [-0.2, -0.15) is 5.10 Å². The molecule has 6 nitrogen and oxygen atoms in total. The normalized spacial score (nSPS) is 16.3. The van der Waals surface area contributed by atoms with Gasteiger partial charge in [0.05, 0.1) is 43.3 Å². The third-order valence-electron chi connectivity index (χ3n) is 2.37. The Morgan fingerprint density at radius 3 is 2.80 bits per heavy atom. The van der Waals surface area contributed by atoms with E-state index in [2.05, 4.69) is 5.10 Å². The maximum atomic E-state index is 8.90. The van der Waals surface area contributed by atoms with Gasteiger partial charge in [-0.1, -0.05) is 0 Å². The van der Waals surface area contributed by atoms with Gasteiger partial charge in [-0.25, -0.2) is 0 Å². The van der Waals surface area contributed by atoms with E-state index in [1.54, 1.807) is 4.68 Å². The standard InChI is InChI=1S/C8H14BN3O3/c1-6-7(10)8(9-14-4-5-15-9)12(11-6)2-3-13/h13H,2-5,10H2,1H3. The van der Waals surface area contributed by atoms with Crippen molar-refractivity contribution in [3.63, 3.8) is 0 Å². The number of hydrogen-bond acceptors (Lipinski definition) is 5. The molecule has 0 aliphatic carbocycles. The van der Waals surface area contributed by atoms with Gasteiger partial charge in [0.2, 0.25) is 0 Å². The number of nitrogens with two attached hydrogens (primary N) is 1. The lowest BCUT2D eigenvalue weighted by Gasteiger charge is -2.08. The molecule has 0 bridgehead atoms. The first-order valence-corrected chi connectivity index (χ1v) is 4.91. The summed E-state index contributed by atoms with van der Waals surface area (Å²) >= 11 is 0. The average Bonchev–Trinajstić information content (AvgIpc) is 2.78. The van der Waals surface area contributed by atoms with Gasteiger partial charge in [0.15, 0.2) is 0 Å². The number of aromatic nitrogens is 2. The highest BCUT2D eigenvalue weighted by Crippen LogP contribution is 2.10. The molecule has 0 amide bonds. The largest absolute Gasteiger partial charge is 0.515 e. The Hall–Kier alpha value is -1.05. The van der Waals surface area contributed by atoms with Gasteiger partial charge in [-0.15, -0.1) is 0 Å². The Bertz CT molecular complexity index is 349. The highest BCUT2D eigenvalue weighted by Gasteiger charge is 2.33. The van der Waals surface area contributed by atoms with Crippen molar-refractivity contribution in [1.82, 2.24) is 9.78 Å². The molecule has 2 rings (SSSR count). The number of aliphatic hydroxyl groups excluding tert-OH is 1. The van der Waals surface area contributed by atoms with Crippen LogP contribution in [0.4, 0.5) is 5.69 Å². The molecule has 0 radical (unpaired) electrons. The molecule has 3 N–H and O–H groups in total. The Morgan fingerprint density at radius 2 is 2.20 bits per heavy atom. The first-order valence-electron chi connectivity index (χ1n) is 4.91. The van der Waals surface area contributed by atoms with E-state index in [1.807, 2.05) is 6.92 Å². The van der Waals surface area contributed by atoms with E-state index in [0.29, 0.717) is 31.0 Å². The summed E-state index contributed by atoms with van der Waals surface area (Å²) in [6.07, 6.45) is 0. The third kappa shape index (κ3) is 1.85. The minimum absolute atomic E-state index is 0.0142. The Labute approximate surface area is 88.1 Å². The van der Waals surface area contributed by atoms with Crippen LogP contribution in [0.25, 0.3) is 0 Å². The summed E-state index contributed by atoms with van der Waals surface area (Å²) < 4.78 is 12.4. The number of nitrogen functional groups attached to an aromatic ring is 1. The molecule has 1 aromatic heterocycles. The Balaban J connectivity index is 2.33. The van der Waals surface area contributed by atoms with Crippen molar-refractivity contribution in [2.75, 3.05) is 25.6 Å². The molecule has 0 unspecified atom stereocenters. The minimum atomic E-state index is -0.447.